The maximum absolute atomic E-state index is 12.2. The fraction of sp³-hybridized carbons (Fsp3) is 0.308. The summed E-state index contributed by atoms with van der Waals surface area (Å²) in [5, 5.41) is 6.29. The number of benzene rings is 2. The van der Waals surface area contributed by atoms with Crippen LogP contribution in [0.1, 0.15) is 23.7 Å². The zero-order valence-corrected chi connectivity index (χ0v) is 20.0. The van der Waals surface area contributed by atoms with Crippen molar-refractivity contribution in [3.05, 3.63) is 60.4 Å². The molecule has 2 aromatic carbocycles. The van der Waals surface area contributed by atoms with E-state index < -0.39 is 0 Å². The maximum atomic E-state index is 12.2. The molecule has 3 heterocycles. The molecule has 0 saturated carbocycles. The van der Waals surface area contributed by atoms with Gasteiger partial charge in [0.1, 0.15) is 5.82 Å². The summed E-state index contributed by atoms with van der Waals surface area (Å²) in [6.07, 6.45) is 2.72. The van der Waals surface area contributed by atoms with Crippen molar-refractivity contribution in [2.45, 2.75) is 13.3 Å². The monoisotopic (exact) mass is 471 g/mol. The predicted octanol–water partition coefficient (Wildman–Crippen LogP) is 3.75. The Hall–Kier alpha value is -3.98. The van der Waals surface area contributed by atoms with E-state index in [1.165, 1.54) is 0 Å². The van der Waals surface area contributed by atoms with E-state index in [0.29, 0.717) is 37.1 Å². The van der Waals surface area contributed by atoms with E-state index in [-0.39, 0.29) is 5.91 Å². The van der Waals surface area contributed by atoms with Crippen LogP contribution in [0.15, 0.2) is 54.9 Å². The number of fused-ring (bicyclic) bond motifs is 1. The van der Waals surface area contributed by atoms with Gasteiger partial charge in [0.2, 0.25) is 5.95 Å². The Labute approximate surface area is 204 Å². The van der Waals surface area contributed by atoms with Gasteiger partial charge in [0.15, 0.2) is 0 Å². The van der Waals surface area contributed by atoms with Crippen molar-refractivity contribution < 1.29 is 9.53 Å². The third-order valence-electron chi connectivity index (χ3n) is 5.98. The second-order valence-corrected chi connectivity index (χ2v) is 8.56. The van der Waals surface area contributed by atoms with Crippen molar-refractivity contribution >= 4 is 34.4 Å². The summed E-state index contributed by atoms with van der Waals surface area (Å²) in [7, 11) is 1.98. The second-order valence-electron chi connectivity index (χ2n) is 8.56. The summed E-state index contributed by atoms with van der Waals surface area (Å²) in [5.41, 5.74) is 5.27. The van der Waals surface area contributed by atoms with Crippen molar-refractivity contribution in [3.8, 4) is 11.3 Å². The Kier molecular flexibility index (Phi) is 6.58. The Morgan fingerprint density at radius 1 is 1.06 bits per heavy atom. The molecule has 0 radical (unpaired) electrons. The minimum Gasteiger partial charge on any atom is -0.378 e. The summed E-state index contributed by atoms with van der Waals surface area (Å²) < 4.78 is 7.51. The molecule has 0 bridgehead atoms. The van der Waals surface area contributed by atoms with Crippen molar-refractivity contribution in [1.29, 1.82) is 0 Å². The lowest BCUT2D eigenvalue weighted by atomic mass is 10.1. The van der Waals surface area contributed by atoms with E-state index in [0.717, 1.165) is 47.5 Å². The van der Waals surface area contributed by atoms with Gasteiger partial charge < -0.3 is 24.8 Å². The van der Waals surface area contributed by atoms with Crippen LogP contribution in [0, 0.1) is 0 Å². The van der Waals surface area contributed by atoms with Crippen LogP contribution >= 0.6 is 0 Å². The summed E-state index contributed by atoms with van der Waals surface area (Å²) in [5.74, 6) is 1.28. The first-order valence-corrected chi connectivity index (χ1v) is 11.9. The van der Waals surface area contributed by atoms with E-state index >= 15 is 0 Å². The van der Waals surface area contributed by atoms with Crippen molar-refractivity contribution in [3.63, 3.8) is 0 Å². The van der Waals surface area contributed by atoms with E-state index in [1.54, 1.807) is 0 Å². The molecule has 9 heteroatoms. The molecular weight excluding hydrogens is 442 g/mol. The van der Waals surface area contributed by atoms with Crippen LogP contribution in [0.2, 0.25) is 0 Å². The smallest absolute Gasteiger partial charge is 0.251 e. The predicted molar refractivity (Wildman–Crippen MR) is 137 cm³/mol. The molecule has 2 N–H and O–H groups in total. The fourth-order valence-electron chi connectivity index (χ4n) is 4.03. The Morgan fingerprint density at radius 2 is 1.86 bits per heavy atom. The number of carbonyl (C=O) groups is 1. The third kappa shape index (κ3) is 5.09. The van der Waals surface area contributed by atoms with Gasteiger partial charge in [0, 0.05) is 49.6 Å². The number of amides is 1. The standard InChI is InChI=1S/C26H29N7O2/c1-3-10-27-25(34)18-4-7-20(8-5-18)29-24-16-22(30-26(31-24)33-11-13-35-14-12-33)19-6-9-21-23(15-19)32(2)17-28-21/h4-9,15-17H,3,10-14H2,1-2H3,(H,27,34)(H,29,30,31). The first kappa shape index (κ1) is 22.8. The molecule has 1 aliphatic heterocycles. The number of nitrogens with zero attached hydrogens (tertiary/aromatic N) is 5. The van der Waals surface area contributed by atoms with Crippen LogP contribution in [0.4, 0.5) is 17.5 Å². The lowest BCUT2D eigenvalue weighted by molar-refractivity contribution is 0.0953. The number of aromatic nitrogens is 4. The van der Waals surface area contributed by atoms with Gasteiger partial charge in [-0.15, -0.1) is 0 Å². The van der Waals surface area contributed by atoms with E-state index in [2.05, 4.69) is 26.6 Å². The molecular formula is C26H29N7O2. The molecule has 180 valence electrons. The number of imidazole rings is 1. The van der Waals surface area contributed by atoms with Crippen LogP contribution in [-0.4, -0.2) is 58.3 Å². The normalized spacial score (nSPS) is 13.7. The molecule has 1 aliphatic rings. The lowest BCUT2D eigenvalue weighted by Gasteiger charge is -2.27. The van der Waals surface area contributed by atoms with Gasteiger partial charge >= 0.3 is 0 Å². The van der Waals surface area contributed by atoms with Crippen LogP contribution in [-0.2, 0) is 11.8 Å². The molecule has 1 fully saturated rings. The summed E-state index contributed by atoms with van der Waals surface area (Å²) >= 11 is 0. The highest BCUT2D eigenvalue weighted by atomic mass is 16.5. The van der Waals surface area contributed by atoms with Gasteiger partial charge in [-0.1, -0.05) is 13.0 Å². The Morgan fingerprint density at radius 3 is 2.63 bits per heavy atom. The molecule has 0 aliphatic carbocycles. The van der Waals surface area contributed by atoms with Crippen LogP contribution in [0.3, 0.4) is 0 Å². The highest BCUT2D eigenvalue weighted by Crippen LogP contribution is 2.28. The van der Waals surface area contributed by atoms with E-state index in [4.69, 9.17) is 14.7 Å². The second kappa shape index (κ2) is 10.1. The molecule has 35 heavy (non-hydrogen) atoms. The van der Waals surface area contributed by atoms with Crippen molar-refractivity contribution in [2.75, 3.05) is 43.1 Å². The number of anilines is 3. The number of aryl methyl sites for hydroxylation is 1. The molecule has 4 aromatic rings. The lowest BCUT2D eigenvalue weighted by Crippen LogP contribution is -2.37. The number of nitrogens with one attached hydrogen (secondary N) is 2. The van der Waals surface area contributed by atoms with Crippen molar-refractivity contribution in [2.24, 2.45) is 7.05 Å². The summed E-state index contributed by atoms with van der Waals surface area (Å²) in [6, 6.07) is 15.5. The molecule has 0 atom stereocenters. The van der Waals surface area contributed by atoms with Gasteiger partial charge in [-0.2, -0.15) is 4.98 Å². The quantitative estimate of drug-likeness (QED) is 0.424. The third-order valence-corrected chi connectivity index (χ3v) is 5.98. The summed E-state index contributed by atoms with van der Waals surface area (Å²) in [6.45, 7) is 5.48. The maximum Gasteiger partial charge on any atom is 0.251 e. The molecule has 1 saturated heterocycles. The highest BCUT2D eigenvalue weighted by Gasteiger charge is 2.17. The minimum absolute atomic E-state index is 0.0668. The topological polar surface area (TPSA) is 97.2 Å². The number of carbonyl (C=O) groups excluding carboxylic acids is 1. The number of rotatable bonds is 7. The SMILES string of the molecule is CCCNC(=O)c1ccc(Nc2cc(-c3ccc4ncn(C)c4c3)nc(N3CCOCC3)n2)cc1. The number of morpholine rings is 1. The Bertz CT molecular complexity index is 1330. The van der Waals surface area contributed by atoms with Crippen LogP contribution in [0.25, 0.3) is 22.3 Å². The highest BCUT2D eigenvalue weighted by molar-refractivity contribution is 5.94. The van der Waals surface area contributed by atoms with Gasteiger partial charge in [-0.05, 0) is 42.8 Å². The minimum atomic E-state index is -0.0668. The summed E-state index contributed by atoms with van der Waals surface area (Å²) in [4.78, 5) is 28.5. The first-order chi connectivity index (χ1) is 17.1. The van der Waals surface area contributed by atoms with Crippen molar-refractivity contribution in [1.82, 2.24) is 24.8 Å². The number of hydrogen-bond acceptors (Lipinski definition) is 7. The van der Waals surface area contributed by atoms with E-state index in [9.17, 15) is 4.79 Å². The fourth-order valence-corrected chi connectivity index (χ4v) is 4.03. The number of hydrogen-bond donors (Lipinski definition) is 2. The van der Waals surface area contributed by atoms with Crippen LogP contribution in [0.5, 0.6) is 0 Å². The molecule has 1 amide bonds. The average Bonchev–Trinajstić information content (AvgIpc) is 3.28. The molecule has 2 aromatic heterocycles. The zero-order chi connectivity index (χ0) is 24.2. The van der Waals surface area contributed by atoms with Gasteiger partial charge in [-0.3, -0.25) is 4.79 Å². The molecule has 0 spiro atoms. The first-order valence-electron chi connectivity index (χ1n) is 11.9. The zero-order valence-electron chi connectivity index (χ0n) is 20.0. The van der Waals surface area contributed by atoms with Crippen LogP contribution < -0.4 is 15.5 Å². The van der Waals surface area contributed by atoms with Gasteiger partial charge in [0.25, 0.3) is 5.91 Å². The number of ether oxygens (including phenoxy) is 1. The average molecular weight is 472 g/mol. The van der Waals surface area contributed by atoms with E-state index in [1.807, 2.05) is 67.3 Å². The molecule has 5 rings (SSSR count). The van der Waals surface area contributed by atoms with Gasteiger partial charge in [-0.25, -0.2) is 9.97 Å². The largest absolute Gasteiger partial charge is 0.378 e. The molecule has 9 nitrogen and oxygen atoms in total. The van der Waals surface area contributed by atoms with Gasteiger partial charge in [0.05, 0.1) is 36.3 Å². The molecule has 0 unspecified atom stereocenters. The Balaban J connectivity index is 1.46.